The summed E-state index contributed by atoms with van der Waals surface area (Å²) < 4.78 is 4.93. The average molecular weight is 405 g/mol. The molecule has 1 N–H and O–H groups in total. The van der Waals surface area contributed by atoms with Crippen LogP contribution >= 0.6 is 0 Å². The number of carbonyl (C=O) groups excluding carboxylic acids is 4. The van der Waals surface area contributed by atoms with Gasteiger partial charge < -0.3 is 4.42 Å². The lowest BCUT2D eigenvalue weighted by Crippen LogP contribution is -2.45. The third-order valence-electron chi connectivity index (χ3n) is 4.43. The van der Waals surface area contributed by atoms with Crippen LogP contribution in [-0.4, -0.2) is 33.4 Å². The van der Waals surface area contributed by atoms with Crippen LogP contribution in [0.15, 0.2) is 65.3 Å². The second-order valence-electron chi connectivity index (χ2n) is 6.26. The monoisotopic (exact) mass is 405 g/mol. The molecule has 2 aromatic carbocycles. The summed E-state index contributed by atoms with van der Waals surface area (Å²) in [5.74, 6) is -3.01. The van der Waals surface area contributed by atoms with Crippen molar-refractivity contribution in [3.8, 4) is 0 Å². The van der Waals surface area contributed by atoms with E-state index in [1.807, 2.05) is 0 Å². The predicted molar refractivity (Wildman–Crippen MR) is 99.6 cm³/mol. The number of hydrogen-bond donors (Lipinski definition) is 1. The number of nitro groups is 1. The summed E-state index contributed by atoms with van der Waals surface area (Å²) >= 11 is 0. The van der Waals surface area contributed by atoms with Crippen LogP contribution in [0.3, 0.4) is 0 Å². The van der Waals surface area contributed by atoms with Crippen LogP contribution in [0.25, 0.3) is 0 Å². The van der Waals surface area contributed by atoms with E-state index in [0.717, 1.165) is 6.07 Å². The molecule has 10 heteroatoms. The zero-order valence-electron chi connectivity index (χ0n) is 15.0. The van der Waals surface area contributed by atoms with Crippen LogP contribution in [0, 0.1) is 10.1 Å². The van der Waals surface area contributed by atoms with Crippen molar-refractivity contribution < 1.29 is 28.5 Å². The van der Waals surface area contributed by atoms with Gasteiger partial charge in [0, 0.05) is 23.3 Å². The average Bonchev–Trinajstić information content (AvgIpc) is 3.37. The summed E-state index contributed by atoms with van der Waals surface area (Å²) in [4.78, 5) is 60.2. The van der Waals surface area contributed by atoms with Gasteiger partial charge in [-0.1, -0.05) is 18.2 Å². The summed E-state index contributed by atoms with van der Waals surface area (Å²) in [5.41, 5.74) is 1.98. The van der Waals surface area contributed by atoms with Crippen LogP contribution in [0.5, 0.6) is 0 Å². The Morgan fingerprint density at radius 3 is 2.37 bits per heavy atom. The molecule has 0 saturated carbocycles. The van der Waals surface area contributed by atoms with Gasteiger partial charge in [0.2, 0.25) is 0 Å². The van der Waals surface area contributed by atoms with Gasteiger partial charge >= 0.3 is 5.91 Å². The number of nitrogens with one attached hydrogen (secondary N) is 1. The minimum atomic E-state index is -0.816. The fourth-order valence-corrected chi connectivity index (χ4v) is 2.98. The molecule has 1 aliphatic heterocycles. The number of furan rings is 1. The van der Waals surface area contributed by atoms with Crippen molar-refractivity contribution in [3.63, 3.8) is 0 Å². The molecule has 0 bridgehead atoms. The van der Waals surface area contributed by atoms with Crippen LogP contribution in [-0.2, 0) is 0 Å². The molecule has 10 nitrogen and oxygen atoms in total. The number of amides is 3. The Balaban J connectivity index is 1.62. The molecule has 0 saturated heterocycles. The number of benzene rings is 2. The highest BCUT2D eigenvalue weighted by atomic mass is 16.6. The van der Waals surface area contributed by atoms with Gasteiger partial charge in [0.15, 0.2) is 11.5 Å². The summed E-state index contributed by atoms with van der Waals surface area (Å²) in [7, 11) is 0. The molecule has 0 fully saturated rings. The van der Waals surface area contributed by atoms with E-state index in [1.165, 1.54) is 54.8 Å². The largest absolute Gasteiger partial charge is 0.459 e. The smallest absolute Gasteiger partial charge is 0.305 e. The number of ketones is 1. The Kier molecular flexibility index (Phi) is 4.43. The number of nitro benzene ring substituents is 1. The third kappa shape index (κ3) is 3.11. The van der Waals surface area contributed by atoms with Gasteiger partial charge in [0.25, 0.3) is 17.5 Å². The molecule has 0 atom stereocenters. The first kappa shape index (κ1) is 18.7. The van der Waals surface area contributed by atoms with E-state index >= 15 is 0 Å². The lowest BCUT2D eigenvalue weighted by atomic mass is 9.99. The zero-order chi connectivity index (χ0) is 21.4. The van der Waals surface area contributed by atoms with Crippen molar-refractivity contribution in [1.29, 1.82) is 0 Å². The van der Waals surface area contributed by atoms with E-state index < -0.39 is 28.4 Å². The summed E-state index contributed by atoms with van der Waals surface area (Å²) in [6, 6.07) is 11.8. The molecule has 0 spiro atoms. The lowest BCUT2D eigenvalue weighted by molar-refractivity contribution is -0.384. The third-order valence-corrected chi connectivity index (χ3v) is 4.43. The molecule has 0 aliphatic carbocycles. The molecule has 3 amide bonds. The Bertz CT molecular complexity index is 1230. The maximum Gasteiger partial charge on any atom is 0.305 e. The van der Waals surface area contributed by atoms with E-state index in [4.69, 9.17) is 4.42 Å². The number of non-ortho nitro benzene ring substituents is 1. The standard InChI is InChI=1S/C20H11N3O7/c24-17(11-3-1-4-13(9-11)23(28)29)12-6-7-14-15(10-12)20(27)22(19(14)26)21-18(25)16-5-2-8-30-16/h1-10H,(H,21,25). The van der Waals surface area contributed by atoms with Crippen molar-refractivity contribution in [1.82, 2.24) is 10.4 Å². The second kappa shape index (κ2) is 7.09. The number of carbonyl (C=O) groups is 4. The summed E-state index contributed by atoms with van der Waals surface area (Å²) in [6.45, 7) is 0. The number of rotatable bonds is 5. The van der Waals surface area contributed by atoms with Crippen molar-refractivity contribution in [2.24, 2.45) is 0 Å². The Morgan fingerprint density at radius 1 is 0.933 bits per heavy atom. The van der Waals surface area contributed by atoms with Gasteiger partial charge in [-0.3, -0.25) is 34.7 Å². The van der Waals surface area contributed by atoms with Gasteiger partial charge in [-0.05, 0) is 24.3 Å². The molecular weight excluding hydrogens is 394 g/mol. The highest BCUT2D eigenvalue weighted by Gasteiger charge is 2.38. The summed E-state index contributed by atoms with van der Waals surface area (Å²) in [5, 5.41) is 11.5. The lowest BCUT2D eigenvalue weighted by Gasteiger charge is -2.13. The topological polar surface area (TPSA) is 140 Å². The van der Waals surface area contributed by atoms with E-state index in [1.54, 1.807) is 0 Å². The fourth-order valence-electron chi connectivity index (χ4n) is 2.98. The Hall–Kier alpha value is -4.60. The minimum Gasteiger partial charge on any atom is -0.459 e. The Morgan fingerprint density at radius 2 is 1.67 bits per heavy atom. The van der Waals surface area contributed by atoms with Crippen molar-refractivity contribution >= 4 is 29.2 Å². The zero-order valence-corrected chi connectivity index (χ0v) is 15.0. The van der Waals surface area contributed by atoms with Crippen molar-refractivity contribution in [2.75, 3.05) is 0 Å². The quantitative estimate of drug-likeness (QED) is 0.297. The maximum absolute atomic E-state index is 12.7. The molecule has 2 heterocycles. The number of hydrazine groups is 1. The number of nitrogens with zero attached hydrogens (tertiary/aromatic N) is 2. The second-order valence-corrected chi connectivity index (χ2v) is 6.26. The molecule has 0 unspecified atom stereocenters. The molecule has 30 heavy (non-hydrogen) atoms. The van der Waals surface area contributed by atoms with Gasteiger partial charge in [-0.2, -0.15) is 5.01 Å². The van der Waals surface area contributed by atoms with Gasteiger partial charge in [0.1, 0.15) is 0 Å². The van der Waals surface area contributed by atoms with Crippen LogP contribution in [0.2, 0.25) is 0 Å². The highest BCUT2D eigenvalue weighted by molar-refractivity contribution is 6.23. The highest BCUT2D eigenvalue weighted by Crippen LogP contribution is 2.25. The number of fused-ring (bicyclic) bond motifs is 1. The van der Waals surface area contributed by atoms with E-state index in [2.05, 4.69) is 5.43 Å². The predicted octanol–water partition coefficient (Wildman–Crippen LogP) is 2.36. The minimum absolute atomic E-state index is 0.00957. The molecule has 3 aromatic rings. The number of hydrogen-bond acceptors (Lipinski definition) is 7. The maximum atomic E-state index is 12.7. The van der Waals surface area contributed by atoms with E-state index in [-0.39, 0.29) is 33.7 Å². The SMILES string of the molecule is O=C(c1cccc([N+](=O)[O-])c1)c1ccc2c(c1)C(=O)N(NC(=O)c1ccco1)C2=O. The molecule has 0 radical (unpaired) electrons. The van der Waals surface area contributed by atoms with Crippen LogP contribution in [0.4, 0.5) is 5.69 Å². The summed E-state index contributed by atoms with van der Waals surface area (Å²) in [6.07, 6.45) is 1.27. The van der Waals surface area contributed by atoms with E-state index in [0.29, 0.717) is 5.01 Å². The molecule has 4 rings (SSSR count). The first-order valence-corrected chi connectivity index (χ1v) is 8.53. The van der Waals surface area contributed by atoms with Gasteiger partial charge in [-0.15, -0.1) is 0 Å². The molecule has 1 aromatic heterocycles. The first-order valence-electron chi connectivity index (χ1n) is 8.53. The van der Waals surface area contributed by atoms with Gasteiger partial charge in [0.05, 0.1) is 22.3 Å². The van der Waals surface area contributed by atoms with Crippen LogP contribution in [0.1, 0.15) is 47.2 Å². The first-order chi connectivity index (χ1) is 14.4. The van der Waals surface area contributed by atoms with Crippen molar-refractivity contribution in [3.05, 3.63) is 99.0 Å². The molecular formula is C20H11N3O7. The van der Waals surface area contributed by atoms with Gasteiger partial charge in [-0.25, -0.2) is 0 Å². The van der Waals surface area contributed by atoms with E-state index in [9.17, 15) is 29.3 Å². The molecule has 1 aliphatic rings. The normalized spacial score (nSPS) is 12.6. The molecule has 148 valence electrons. The van der Waals surface area contributed by atoms with Crippen LogP contribution < -0.4 is 5.43 Å². The Labute approximate surface area is 167 Å². The fraction of sp³-hybridized carbons (Fsp3) is 0. The number of imide groups is 1. The van der Waals surface area contributed by atoms with Crippen molar-refractivity contribution in [2.45, 2.75) is 0 Å².